The summed E-state index contributed by atoms with van der Waals surface area (Å²) in [5, 5.41) is 25.7. The van der Waals surface area contributed by atoms with Crippen molar-refractivity contribution in [1.82, 2.24) is 0 Å². The first-order valence-electron chi connectivity index (χ1n) is 4.75. The molecule has 0 heterocycles. The maximum atomic E-state index is 10.2. The second-order valence-corrected chi connectivity index (χ2v) is 5.62. The molecule has 0 saturated heterocycles. The summed E-state index contributed by atoms with van der Waals surface area (Å²) in [7, 11) is -4.52. The van der Waals surface area contributed by atoms with Crippen LogP contribution in [0.2, 0.25) is 6.04 Å². The van der Waals surface area contributed by atoms with Crippen LogP contribution >= 0.6 is 0 Å². The number of ether oxygens (including phenoxy) is 1. The maximum Gasteiger partial charge on any atom is 1.00 e. The molecule has 2 radical (unpaired) electrons. The van der Waals surface area contributed by atoms with E-state index in [9.17, 15) is 13.0 Å². The Morgan fingerprint density at radius 2 is 1.89 bits per heavy atom. The van der Waals surface area contributed by atoms with E-state index in [-0.39, 0.29) is 52.5 Å². The largest absolute Gasteiger partial charge is 1.00 e. The van der Waals surface area contributed by atoms with Crippen LogP contribution in [-0.2, 0) is 19.3 Å². The minimum atomic E-state index is -4.44. The van der Waals surface area contributed by atoms with Gasteiger partial charge in [-0.25, -0.2) is 8.42 Å². The summed E-state index contributed by atoms with van der Waals surface area (Å²) in [6.45, 7) is -1.75. The topological polar surface area (TPSA) is 136 Å². The second-order valence-electron chi connectivity index (χ2n) is 3.15. The van der Waals surface area contributed by atoms with E-state index in [0.29, 0.717) is 12.5 Å². The van der Waals surface area contributed by atoms with Crippen LogP contribution in [0.25, 0.3) is 0 Å². The Kier molecular flexibility index (Phi) is 13.8. The van der Waals surface area contributed by atoms with Crippen LogP contribution in [0, 0.1) is 0 Å². The summed E-state index contributed by atoms with van der Waals surface area (Å²) in [6, 6.07) is 0.549. The fourth-order valence-corrected chi connectivity index (χ4v) is 2.01. The molecule has 0 spiro atoms. The average molecular weight is 310 g/mol. The summed E-state index contributed by atoms with van der Waals surface area (Å²) in [5.41, 5.74) is 0. The molecule has 0 aliphatic carbocycles. The van der Waals surface area contributed by atoms with Crippen LogP contribution in [0.1, 0.15) is 6.42 Å². The summed E-state index contributed by atoms with van der Waals surface area (Å²) < 4.78 is 40.1. The SMILES string of the molecule is O=S(=O)([O-])CC(O)COCCC[Si]OC(O)O.[Na+]. The van der Waals surface area contributed by atoms with Crippen LogP contribution in [0.4, 0.5) is 0 Å². The van der Waals surface area contributed by atoms with Gasteiger partial charge in [0.1, 0.15) is 0 Å². The number of hydrogen-bond acceptors (Lipinski definition) is 8. The van der Waals surface area contributed by atoms with Gasteiger partial charge >= 0.3 is 29.6 Å². The first kappa shape index (κ1) is 21.2. The van der Waals surface area contributed by atoms with Crippen LogP contribution in [0.15, 0.2) is 0 Å². The van der Waals surface area contributed by atoms with E-state index in [4.69, 9.17) is 20.1 Å². The Balaban J connectivity index is 0. The number of aliphatic hydroxyl groups excluding tert-OH is 2. The van der Waals surface area contributed by atoms with E-state index in [2.05, 4.69) is 4.43 Å². The molecule has 18 heavy (non-hydrogen) atoms. The molecule has 1 unspecified atom stereocenters. The molecule has 3 N–H and O–H groups in total. The first-order valence-corrected chi connectivity index (χ1v) is 7.44. The molecule has 0 aromatic carbocycles. The molecule has 0 amide bonds. The molecule has 0 aliphatic heterocycles. The van der Waals surface area contributed by atoms with Gasteiger partial charge in [0, 0.05) is 6.61 Å². The molecular weight excluding hydrogens is 295 g/mol. The van der Waals surface area contributed by atoms with Crippen molar-refractivity contribution in [2.24, 2.45) is 0 Å². The third kappa shape index (κ3) is 16.9. The number of hydrogen-bond donors (Lipinski definition) is 3. The van der Waals surface area contributed by atoms with Gasteiger partial charge in [-0.1, -0.05) is 0 Å². The number of aliphatic hydroxyl groups is 3. The standard InChI is InChI=1S/C7H16O8SSi.Na/c8-6(5-16(11,12)13)4-14-2-1-3-17-15-7(9)10;/h6-10H,1-5H2,(H,11,12,13);/q;+1/p-1. The van der Waals surface area contributed by atoms with Gasteiger partial charge in [-0.15, -0.1) is 0 Å². The molecule has 0 aliphatic rings. The van der Waals surface area contributed by atoms with Gasteiger partial charge in [-0.2, -0.15) is 0 Å². The molecule has 1 atom stereocenters. The molecule has 0 fully saturated rings. The van der Waals surface area contributed by atoms with Gasteiger partial charge in [0.15, 0.2) is 0 Å². The van der Waals surface area contributed by atoms with Gasteiger partial charge in [0.25, 0.3) is 6.48 Å². The number of rotatable bonds is 10. The van der Waals surface area contributed by atoms with Gasteiger partial charge in [-0.3, -0.25) is 0 Å². The van der Waals surface area contributed by atoms with E-state index >= 15 is 0 Å². The smallest absolute Gasteiger partial charge is 0.748 e. The van der Waals surface area contributed by atoms with Gasteiger partial charge in [0.05, 0.1) is 28.6 Å². The van der Waals surface area contributed by atoms with Crippen molar-refractivity contribution in [3.8, 4) is 0 Å². The minimum absolute atomic E-state index is 0. The molecule has 0 aromatic rings. The summed E-state index contributed by atoms with van der Waals surface area (Å²) in [4.78, 5) is 0. The Morgan fingerprint density at radius 1 is 1.28 bits per heavy atom. The molecule has 0 bridgehead atoms. The van der Waals surface area contributed by atoms with E-state index in [1.165, 1.54) is 0 Å². The molecule has 0 aromatic heterocycles. The molecule has 102 valence electrons. The third-order valence-electron chi connectivity index (χ3n) is 1.46. The Morgan fingerprint density at radius 3 is 2.39 bits per heavy atom. The van der Waals surface area contributed by atoms with E-state index < -0.39 is 28.5 Å². The third-order valence-corrected chi connectivity index (χ3v) is 3.19. The molecule has 8 nitrogen and oxygen atoms in total. The predicted molar refractivity (Wildman–Crippen MR) is 55.9 cm³/mol. The van der Waals surface area contributed by atoms with Crippen molar-refractivity contribution in [2.45, 2.75) is 25.0 Å². The van der Waals surface area contributed by atoms with Crippen LogP contribution in [-0.4, -0.2) is 69.6 Å². The van der Waals surface area contributed by atoms with Crippen molar-refractivity contribution in [2.75, 3.05) is 19.0 Å². The van der Waals surface area contributed by atoms with Crippen molar-refractivity contribution in [1.29, 1.82) is 0 Å². The molecule has 0 saturated carbocycles. The van der Waals surface area contributed by atoms with Crippen LogP contribution in [0.5, 0.6) is 0 Å². The monoisotopic (exact) mass is 310 g/mol. The molecule has 11 heteroatoms. The zero-order valence-electron chi connectivity index (χ0n) is 9.98. The summed E-state index contributed by atoms with van der Waals surface area (Å²) in [6.07, 6.45) is -0.766. The summed E-state index contributed by atoms with van der Waals surface area (Å²) in [5.74, 6) is -0.867. The van der Waals surface area contributed by atoms with Crippen molar-refractivity contribution in [3.63, 3.8) is 0 Å². The fourth-order valence-electron chi connectivity index (χ4n) is 0.883. The maximum absolute atomic E-state index is 10.2. The van der Waals surface area contributed by atoms with E-state index in [0.717, 1.165) is 0 Å². The minimum Gasteiger partial charge on any atom is -0.748 e. The molecular formula is C7H15NaO8SSi. The summed E-state index contributed by atoms with van der Waals surface area (Å²) >= 11 is 0. The normalized spacial score (nSPS) is 13.4. The van der Waals surface area contributed by atoms with Crippen LogP contribution < -0.4 is 29.6 Å². The van der Waals surface area contributed by atoms with Crippen molar-refractivity contribution < 1.29 is 67.0 Å². The van der Waals surface area contributed by atoms with Crippen LogP contribution in [0.3, 0.4) is 0 Å². The Hall–Kier alpha value is 0.927. The zero-order valence-corrected chi connectivity index (χ0v) is 13.8. The van der Waals surface area contributed by atoms with Gasteiger partial charge in [-0.05, 0) is 12.5 Å². The quantitative estimate of drug-likeness (QED) is 0.157. The van der Waals surface area contributed by atoms with Gasteiger partial charge in [0.2, 0.25) is 9.76 Å². The second kappa shape index (κ2) is 11.7. The first-order chi connectivity index (χ1) is 7.81. The predicted octanol–water partition coefficient (Wildman–Crippen LogP) is -5.37. The van der Waals surface area contributed by atoms with Crippen molar-refractivity contribution >= 4 is 19.9 Å². The average Bonchev–Trinajstić information content (AvgIpc) is 2.12. The Bertz CT molecular complexity index is 285. The Labute approximate surface area is 130 Å². The zero-order chi connectivity index (χ0) is 13.3. The van der Waals surface area contributed by atoms with Gasteiger partial charge < -0.3 is 29.0 Å². The van der Waals surface area contributed by atoms with E-state index in [1.807, 2.05) is 0 Å². The molecule has 0 rings (SSSR count). The van der Waals surface area contributed by atoms with Crippen molar-refractivity contribution in [3.05, 3.63) is 0 Å². The fraction of sp³-hybridized carbons (Fsp3) is 1.00. The van der Waals surface area contributed by atoms with E-state index in [1.54, 1.807) is 0 Å².